The highest BCUT2D eigenvalue weighted by Gasteiger charge is 2.28. The Hall–Kier alpha value is -1.58. The Morgan fingerprint density at radius 1 is 1.16 bits per heavy atom. The first-order valence-electron chi connectivity index (χ1n) is 6.21. The van der Waals surface area contributed by atoms with Gasteiger partial charge in [-0.3, -0.25) is 0 Å². The first kappa shape index (κ1) is 13.8. The molecule has 4 heteroatoms. The SMILES string of the molecule is CC1=[N+](C)c2cccc3cccc(c23)N1CCO.[Cl-]. The van der Waals surface area contributed by atoms with Crippen LogP contribution in [0.25, 0.3) is 10.8 Å². The van der Waals surface area contributed by atoms with Crippen molar-refractivity contribution in [1.82, 2.24) is 0 Å². The van der Waals surface area contributed by atoms with Crippen molar-refractivity contribution in [3.63, 3.8) is 0 Å². The van der Waals surface area contributed by atoms with Crippen LogP contribution in [0, 0.1) is 0 Å². The first-order chi connectivity index (χ1) is 8.74. The summed E-state index contributed by atoms with van der Waals surface area (Å²) in [6, 6.07) is 12.7. The predicted molar refractivity (Wildman–Crippen MR) is 74.9 cm³/mol. The van der Waals surface area contributed by atoms with Crippen molar-refractivity contribution in [2.45, 2.75) is 6.92 Å². The van der Waals surface area contributed by atoms with E-state index in [2.05, 4.69) is 59.8 Å². The van der Waals surface area contributed by atoms with Crippen molar-refractivity contribution in [1.29, 1.82) is 0 Å². The van der Waals surface area contributed by atoms with E-state index in [1.807, 2.05) is 0 Å². The van der Waals surface area contributed by atoms with Gasteiger partial charge in [0.2, 0.25) is 0 Å². The van der Waals surface area contributed by atoms with Gasteiger partial charge in [-0.05, 0) is 17.5 Å². The quantitative estimate of drug-likeness (QED) is 0.738. The molecule has 19 heavy (non-hydrogen) atoms. The molecule has 1 N–H and O–H groups in total. The van der Waals surface area contributed by atoms with E-state index in [1.165, 1.54) is 22.1 Å². The number of rotatable bonds is 2. The zero-order valence-electron chi connectivity index (χ0n) is 11.1. The zero-order chi connectivity index (χ0) is 12.7. The molecule has 0 saturated heterocycles. The molecule has 0 amide bonds. The van der Waals surface area contributed by atoms with Crippen molar-refractivity contribution in [3.8, 4) is 0 Å². The van der Waals surface area contributed by atoms with Crippen LogP contribution in [0.4, 0.5) is 11.4 Å². The highest BCUT2D eigenvalue weighted by atomic mass is 35.5. The highest BCUT2D eigenvalue weighted by Crippen LogP contribution is 2.37. The molecule has 0 unspecified atom stereocenters. The van der Waals surface area contributed by atoms with Gasteiger partial charge in [-0.1, -0.05) is 24.3 Å². The fraction of sp³-hybridized carbons (Fsp3) is 0.267. The maximum atomic E-state index is 9.25. The lowest BCUT2D eigenvalue weighted by Gasteiger charge is -2.25. The summed E-state index contributed by atoms with van der Waals surface area (Å²) < 4.78 is 2.19. The molecule has 2 aromatic rings. The number of benzene rings is 2. The van der Waals surface area contributed by atoms with E-state index in [4.69, 9.17) is 0 Å². The minimum absolute atomic E-state index is 0. The standard InChI is InChI=1S/C15H17N2O.ClH/c1-11-16(2)13-7-3-5-12-6-4-8-14(15(12)13)17(11)9-10-18;/h3-8,18H,9-10H2,1-2H3;1H/q+1;/p-1. The van der Waals surface area contributed by atoms with Crippen molar-refractivity contribution in [2.75, 3.05) is 25.1 Å². The van der Waals surface area contributed by atoms with E-state index in [0.717, 1.165) is 5.84 Å². The average Bonchev–Trinajstić information content (AvgIpc) is 2.41. The monoisotopic (exact) mass is 276 g/mol. The third kappa shape index (κ3) is 1.99. The van der Waals surface area contributed by atoms with Gasteiger partial charge in [0.25, 0.3) is 5.84 Å². The van der Waals surface area contributed by atoms with Crippen molar-refractivity contribution >= 4 is 28.0 Å². The number of aliphatic hydroxyl groups is 1. The van der Waals surface area contributed by atoms with Crippen LogP contribution >= 0.6 is 0 Å². The van der Waals surface area contributed by atoms with Crippen LogP contribution in [0.15, 0.2) is 36.4 Å². The minimum atomic E-state index is 0. The lowest BCUT2D eigenvalue weighted by Crippen LogP contribution is -3.00. The average molecular weight is 277 g/mol. The molecule has 2 aromatic carbocycles. The van der Waals surface area contributed by atoms with E-state index in [-0.39, 0.29) is 19.0 Å². The Labute approximate surface area is 119 Å². The first-order valence-corrected chi connectivity index (χ1v) is 6.21. The Kier molecular flexibility index (Phi) is 3.78. The summed E-state index contributed by atoms with van der Waals surface area (Å²) in [5.41, 5.74) is 2.42. The van der Waals surface area contributed by atoms with Crippen LogP contribution in [-0.2, 0) is 0 Å². The molecular formula is C15H17ClN2O. The molecule has 0 radical (unpaired) electrons. The van der Waals surface area contributed by atoms with Gasteiger partial charge < -0.3 is 17.5 Å². The van der Waals surface area contributed by atoms with Crippen molar-refractivity contribution in [2.24, 2.45) is 0 Å². The lowest BCUT2D eigenvalue weighted by atomic mass is 10.0. The van der Waals surface area contributed by atoms with Gasteiger partial charge in [0.1, 0.15) is 17.9 Å². The molecule has 1 heterocycles. The summed E-state index contributed by atoms with van der Waals surface area (Å²) in [6.07, 6.45) is 0. The van der Waals surface area contributed by atoms with E-state index in [1.54, 1.807) is 0 Å². The molecule has 0 bridgehead atoms. The van der Waals surface area contributed by atoms with Crippen molar-refractivity contribution in [3.05, 3.63) is 36.4 Å². The van der Waals surface area contributed by atoms with Crippen LogP contribution in [0.5, 0.6) is 0 Å². The number of amidine groups is 1. The number of halogens is 1. The van der Waals surface area contributed by atoms with Gasteiger partial charge in [-0.25, -0.2) is 9.48 Å². The second kappa shape index (κ2) is 5.19. The van der Waals surface area contributed by atoms with Crippen LogP contribution < -0.4 is 17.3 Å². The summed E-state index contributed by atoms with van der Waals surface area (Å²) in [5, 5.41) is 11.8. The summed E-state index contributed by atoms with van der Waals surface area (Å²) >= 11 is 0. The van der Waals surface area contributed by atoms with Crippen LogP contribution in [0.3, 0.4) is 0 Å². The Bertz CT molecular complexity index is 646. The molecular weight excluding hydrogens is 260 g/mol. The molecule has 3 nitrogen and oxygen atoms in total. The molecule has 3 rings (SSSR count). The summed E-state index contributed by atoms with van der Waals surface area (Å²) in [6.45, 7) is 2.87. The van der Waals surface area contributed by atoms with E-state index in [9.17, 15) is 5.11 Å². The number of anilines is 1. The maximum absolute atomic E-state index is 9.25. The second-order valence-corrected chi connectivity index (χ2v) is 4.63. The second-order valence-electron chi connectivity index (χ2n) is 4.63. The Morgan fingerprint density at radius 3 is 2.53 bits per heavy atom. The number of hydrogen-bond donors (Lipinski definition) is 1. The Balaban J connectivity index is 0.00000133. The van der Waals surface area contributed by atoms with E-state index in [0.29, 0.717) is 6.54 Å². The fourth-order valence-corrected chi connectivity index (χ4v) is 2.72. The summed E-state index contributed by atoms with van der Waals surface area (Å²) in [5.74, 6) is 1.15. The zero-order valence-corrected chi connectivity index (χ0v) is 11.9. The normalized spacial score (nSPS) is 13.7. The van der Waals surface area contributed by atoms with Crippen LogP contribution in [-0.4, -0.2) is 35.7 Å². The fourth-order valence-electron chi connectivity index (χ4n) is 2.72. The third-order valence-corrected chi connectivity index (χ3v) is 3.71. The summed E-state index contributed by atoms with van der Waals surface area (Å²) in [4.78, 5) is 2.18. The predicted octanol–water partition coefficient (Wildman–Crippen LogP) is -0.652. The molecule has 0 saturated carbocycles. The molecule has 0 fully saturated rings. The minimum Gasteiger partial charge on any atom is -1.00 e. The smallest absolute Gasteiger partial charge is 0.253 e. The molecule has 1 aliphatic rings. The van der Waals surface area contributed by atoms with Gasteiger partial charge in [-0.15, -0.1) is 0 Å². The molecule has 0 spiro atoms. The van der Waals surface area contributed by atoms with Gasteiger partial charge in [0, 0.05) is 6.92 Å². The number of β-amino-alcohol motifs (C(OH)–C–C–N with tert-alkyl or cyclic N) is 1. The van der Waals surface area contributed by atoms with E-state index < -0.39 is 0 Å². The third-order valence-electron chi connectivity index (χ3n) is 3.71. The maximum Gasteiger partial charge on any atom is 0.253 e. The van der Waals surface area contributed by atoms with E-state index >= 15 is 0 Å². The van der Waals surface area contributed by atoms with Gasteiger partial charge in [0.15, 0.2) is 0 Å². The molecule has 1 aliphatic heterocycles. The van der Waals surface area contributed by atoms with Gasteiger partial charge in [0.05, 0.1) is 19.0 Å². The van der Waals surface area contributed by atoms with Gasteiger partial charge in [-0.2, -0.15) is 0 Å². The molecule has 0 atom stereocenters. The summed E-state index contributed by atoms with van der Waals surface area (Å²) in [7, 11) is 2.07. The van der Waals surface area contributed by atoms with Crippen LogP contribution in [0.2, 0.25) is 0 Å². The number of aliphatic hydroxyl groups excluding tert-OH is 1. The van der Waals surface area contributed by atoms with Crippen LogP contribution in [0.1, 0.15) is 6.92 Å². The number of nitrogens with zero attached hydrogens (tertiary/aromatic N) is 2. The molecule has 0 aliphatic carbocycles. The number of hydrogen-bond acceptors (Lipinski definition) is 2. The largest absolute Gasteiger partial charge is 1.00 e. The Morgan fingerprint density at radius 2 is 1.84 bits per heavy atom. The van der Waals surface area contributed by atoms with Crippen molar-refractivity contribution < 1.29 is 22.1 Å². The molecule has 0 aromatic heterocycles. The highest BCUT2D eigenvalue weighted by molar-refractivity contribution is 6.10. The van der Waals surface area contributed by atoms with Gasteiger partial charge >= 0.3 is 0 Å². The lowest BCUT2D eigenvalue weighted by molar-refractivity contribution is -0.405. The molecule has 100 valence electrons. The topological polar surface area (TPSA) is 26.5 Å².